The number of ether oxygens (including phenoxy) is 1. The molecular formula is C21H25ClN2O3. The molecule has 1 unspecified atom stereocenters. The van der Waals surface area contributed by atoms with Gasteiger partial charge in [-0.1, -0.05) is 48.5 Å². The number of carbonyl (C=O) groups excluding carboxylic acids is 1. The highest BCUT2D eigenvalue weighted by atomic mass is 35.5. The first-order chi connectivity index (χ1) is 12.8. The van der Waals surface area contributed by atoms with E-state index >= 15 is 0 Å². The van der Waals surface area contributed by atoms with Crippen LogP contribution in [0.4, 0.5) is 4.79 Å². The number of aliphatic hydroxyl groups excluding tert-OH is 1. The van der Waals surface area contributed by atoms with Crippen LogP contribution >= 0.6 is 12.4 Å². The Bertz CT molecular complexity index is 751. The van der Waals surface area contributed by atoms with Crippen LogP contribution in [0.15, 0.2) is 48.5 Å². The van der Waals surface area contributed by atoms with Crippen LogP contribution in [0.1, 0.15) is 23.5 Å². The highest BCUT2D eigenvalue weighted by molar-refractivity contribution is 5.85. The molecule has 0 bridgehead atoms. The molecule has 144 valence electrons. The van der Waals surface area contributed by atoms with E-state index in [1.165, 1.54) is 22.3 Å². The third-order valence-corrected chi connectivity index (χ3v) is 5.33. The summed E-state index contributed by atoms with van der Waals surface area (Å²) in [6.07, 6.45) is 0.379. The lowest BCUT2D eigenvalue weighted by Gasteiger charge is -2.33. The van der Waals surface area contributed by atoms with Crippen LogP contribution in [0.3, 0.4) is 0 Å². The normalized spacial score (nSPS) is 18.4. The first kappa shape index (κ1) is 19.7. The van der Waals surface area contributed by atoms with Crippen molar-refractivity contribution in [2.45, 2.75) is 18.4 Å². The Morgan fingerprint density at radius 1 is 1.11 bits per heavy atom. The number of halogens is 1. The van der Waals surface area contributed by atoms with E-state index in [0.29, 0.717) is 26.1 Å². The summed E-state index contributed by atoms with van der Waals surface area (Å²) >= 11 is 0. The minimum absolute atomic E-state index is 0. The Hall–Kier alpha value is -2.08. The number of nitrogens with zero attached hydrogens (tertiary/aromatic N) is 1. The van der Waals surface area contributed by atoms with Crippen LogP contribution in [0, 0.1) is 0 Å². The zero-order valence-electron chi connectivity index (χ0n) is 15.1. The predicted octanol–water partition coefficient (Wildman–Crippen LogP) is 3.01. The summed E-state index contributed by atoms with van der Waals surface area (Å²) in [5, 5.41) is 12.4. The second-order valence-electron chi connectivity index (χ2n) is 6.91. The van der Waals surface area contributed by atoms with Gasteiger partial charge in [-0.15, -0.1) is 12.4 Å². The van der Waals surface area contributed by atoms with Gasteiger partial charge in [0, 0.05) is 38.2 Å². The molecule has 1 aliphatic heterocycles. The molecule has 0 saturated carbocycles. The summed E-state index contributed by atoms with van der Waals surface area (Å²) in [5.41, 5.74) is 4.91. The highest BCUT2D eigenvalue weighted by Crippen LogP contribution is 2.44. The molecule has 6 heteroatoms. The van der Waals surface area contributed by atoms with Crippen LogP contribution < -0.4 is 5.32 Å². The largest absolute Gasteiger partial charge is 0.448 e. The summed E-state index contributed by atoms with van der Waals surface area (Å²) in [7, 11) is 0. The summed E-state index contributed by atoms with van der Waals surface area (Å²) in [5.74, 6) is 0.0857. The van der Waals surface area contributed by atoms with Gasteiger partial charge < -0.3 is 20.1 Å². The minimum atomic E-state index is -0.267. The lowest BCUT2D eigenvalue weighted by molar-refractivity contribution is 0.0854. The van der Waals surface area contributed by atoms with Crippen molar-refractivity contribution in [1.82, 2.24) is 10.2 Å². The molecule has 2 aromatic carbocycles. The number of hydrogen-bond acceptors (Lipinski definition) is 4. The zero-order valence-corrected chi connectivity index (χ0v) is 16.0. The molecule has 5 nitrogen and oxygen atoms in total. The summed E-state index contributed by atoms with van der Waals surface area (Å²) in [6, 6.07) is 16.8. The molecule has 0 aromatic heterocycles. The Morgan fingerprint density at radius 3 is 2.37 bits per heavy atom. The summed E-state index contributed by atoms with van der Waals surface area (Å²) in [6.45, 7) is 2.42. The number of rotatable bonds is 4. The van der Waals surface area contributed by atoms with Crippen LogP contribution in [-0.4, -0.2) is 55.0 Å². The number of nitrogens with one attached hydrogen (secondary N) is 1. The Labute approximate surface area is 165 Å². The number of hydrogen-bond donors (Lipinski definition) is 2. The van der Waals surface area contributed by atoms with Crippen molar-refractivity contribution in [2.24, 2.45) is 0 Å². The van der Waals surface area contributed by atoms with Crippen molar-refractivity contribution in [3.05, 3.63) is 59.7 Å². The first-order valence-electron chi connectivity index (χ1n) is 9.22. The van der Waals surface area contributed by atoms with E-state index in [0.717, 1.165) is 6.54 Å². The van der Waals surface area contributed by atoms with E-state index in [1.54, 1.807) is 4.90 Å². The number of amides is 1. The fourth-order valence-electron chi connectivity index (χ4n) is 4.03. The minimum Gasteiger partial charge on any atom is -0.448 e. The molecule has 1 atom stereocenters. The Kier molecular flexibility index (Phi) is 6.37. The molecule has 1 aliphatic carbocycles. The molecule has 2 N–H and O–H groups in total. The number of fused-ring (bicyclic) bond motifs is 3. The van der Waals surface area contributed by atoms with Crippen molar-refractivity contribution >= 4 is 18.5 Å². The fraction of sp³-hybridized carbons (Fsp3) is 0.381. The van der Waals surface area contributed by atoms with Crippen molar-refractivity contribution < 1.29 is 14.6 Å². The van der Waals surface area contributed by atoms with Crippen molar-refractivity contribution in [2.75, 3.05) is 32.8 Å². The monoisotopic (exact) mass is 388 g/mol. The standard InChI is InChI=1S/C21H24N2O3.ClH/c24-12-9-15-13-23(11-10-22-15)21(25)26-14-20-18-7-3-1-5-16(18)17-6-2-4-8-19(17)20;/h1-8,15,20,22,24H,9-14H2;1H. The van der Waals surface area contributed by atoms with Gasteiger partial charge in [-0.25, -0.2) is 4.79 Å². The number of carbonyl (C=O) groups is 1. The van der Waals surface area contributed by atoms with Crippen LogP contribution in [-0.2, 0) is 4.74 Å². The summed E-state index contributed by atoms with van der Waals surface area (Å²) in [4.78, 5) is 14.3. The van der Waals surface area contributed by atoms with Crippen LogP contribution in [0.2, 0.25) is 0 Å². The van der Waals surface area contributed by atoms with E-state index in [1.807, 2.05) is 24.3 Å². The molecule has 1 amide bonds. The van der Waals surface area contributed by atoms with E-state index < -0.39 is 0 Å². The number of benzene rings is 2. The van der Waals surface area contributed by atoms with Crippen molar-refractivity contribution in [3.63, 3.8) is 0 Å². The van der Waals surface area contributed by atoms with Gasteiger partial charge in [-0.3, -0.25) is 0 Å². The van der Waals surface area contributed by atoms with Gasteiger partial charge in [0.15, 0.2) is 0 Å². The van der Waals surface area contributed by atoms with E-state index in [2.05, 4.69) is 29.6 Å². The highest BCUT2D eigenvalue weighted by Gasteiger charge is 2.30. The van der Waals surface area contributed by atoms with E-state index in [9.17, 15) is 4.79 Å². The summed E-state index contributed by atoms with van der Waals surface area (Å²) < 4.78 is 5.70. The van der Waals surface area contributed by atoms with E-state index in [4.69, 9.17) is 9.84 Å². The van der Waals surface area contributed by atoms with Gasteiger partial charge in [-0.05, 0) is 28.7 Å². The molecular weight excluding hydrogens is 364 g/mol. The fourth-order valence-corrected chi connectivity index (χ4v) is 4.03. The van der Waals surface area contributed by atoms with Crippen LogP contribution in [0.5, 0.6) is 0 Å². The molecule has 27 heavy (non-hydrogen) atoms. The molecule has 4 rings (SSSR count). The maximum Gasteiger partial charge on any atom is 0.409 e. The molecule has 0 spiro atoms. The number of aliphatic hydroxyl groups is 1. The van der Waals surface area contributed by atoms with Gasteiger partial charge >= 0.3 is 6.09 Å². The van der Waals surface area contributed by atoms with Gasteiger partial charge in [0.1, 0.15) is 6.61 Å². The van der Waals surface area contributed by atoms with Gasteiger partial charge in [-0.2, -0.15) is 0 Å². The molecule has 2 aromatic rings. The first-order valence-corrected chi connectivity index (χ1v) is 9.22. The second kappa shape index (κ2) is 8.74. The molecule has 1 fully saturated rings. The SMILES string of the molecule is Cl.O=C(OCC1c2ccccc2-c2ccccc21)N1CCNC(CCO)C1. The quantitative estimate of drug-likeness (QED) is 0.845. The van der Waals surface area contributed by atoms with Crippen molar-refractivity contribution in [1.29, 1.82) is 0 Å². The third kappa shape index (κ3) is 3.95. The molecule has 2 aliphatic rings. The third-order valence-electron chi connectivity index (χ3n) is 5.33. The van der Waals surface area contributed by atoms with Gasteiger partial charge in [0.05, 0.1) is 0 Å². The lowest BCUT2D eigenvalue weighted by atomic mass is 9.98. The number of piperazine rings is 1. The van der Waals surface area contributed by atoms with Crippen LogP contribution in [0.25, 0.3) is 11.1 Å². The average molecular weight is 389 g/mol. The van der Waals surface area contributed by atoms with Crippen molar-refractivity contribution in [3.8, 4) is 11.1 Å². The molecule has 1 heterocycles. The Morgan fingerprint density at radius 2 is 1.74 bits per heavy atom. The van der Waals surface area contributed by atoms with E-state index in [-0.39, 0.29) is 37.1 Å². The predicted molar refractivity (Wildman–Crippen MR) is 107 cm³/mol. The van der Waals surface area contributed by atoms with Gasteiger partial charge in [0.2, 0.25) is 0 Å². The molecule has 0 radical (unpaired) electrons. The molecule has 1 saturated heterocycles. The maximum absolute atomic E-state index is 12.5. The lowest BCUT2D eigenvalue weighted by Crippen LogP contribution is -2.53. The maximum atomic E-state index is 12.5. The Balaban J connectivity index is 0.00000210. The smallest absolute Gasteiger partial charge is 0.409 e. The average Bonchev–Trinajstić information content (AvgIpc) is 3.01. The topological polar surface area (TPSA) is 61.8 Å². The second-order valence-corrected chi connectivity index (χ2v) is 6.91. The zero-order chi connectivity index (χ0) is 17.9. The van der Waals surface area contributed by atoms with Gasteiger partial charge in [0.25, 0.3) is 0 Å².